The van der Waals surface area contributed by atoms with Crippen LogP contribution in [0.2, 0.25) is 0 Å². The quantitative estimate of drug-likeness (QED) is 0.646. The van der Waals surface area contributed by atoms with Crippen molar-refractivity contribution in [2.24, 2.45) is 5.73 Å². The van der Waals surface area contributed by atoms with E-state index in [0.717, 1.165) is 32.1 Å². The molecule has 0 heterocycles. The molecule has 0 aromatic carbocycles. The molecular weight excluding hydrogens is 150 g/mol. The summed E-state index contributed by atoms with van der Waals surface area (Å²) in [5.74, 6) is 0. The van der Waals surface area contributed by atoms with E-state index >= 15 is 0 Å². The highest BCUT2D eigenvalue weighted by molar-refractivity contribution is 4.87. The Bertz CT molecular complexity index is 108. The summed E-state index contributed by atoms with van der Waals surface area (Å²) in [5, 5.41) is 10.2. The van der Waals surface area contributed by atoms with Gasteiger partial charge in [-0.15, -0.1) is 0 Å². The van der Waals surface area contributed by atoms with E-state index in [1.807, 2.05) is 6.92 Å². The Hall–Kier alpha value is -0.0800. The van der Waals surface area contributed by atoms with Crippen LogP contribution in [0, 0.1) is 0 Å². The summed E-state index contributed by atoms with van der Waals surface area (Å²) in [6, 6.07) is -0.0580. The maximum absolute atomic E-state index is 10.2. The molecule has 0 rings (SSSR count). The van der Waals surface area contributed by atoms with Crippen LogP contribution >= 0.6 is 0 Å². The van der Waals surface area contributed by atoms with Crippen molar-refractivity contribution in [3.63, 3.8) is 0 Å². The molecule has 0 aliphatic carbocycles. The summed E-state index contributed by atoms with van der Waals surface area (Å²) in [6.45, 7) is 6.20. The van der Waals surface area contributed by atoms with Gasteiger partial charge < -0.3 is 10.8 Å². The van der Waals surface area contributed by atoms with Crippen molar-refractivity contribution in [3.8, 4) is 0 Å². The first kappa shape index (κ1) is 11.9. The molecular formula is C10H23NO. The lowest BCUT2D eigenvalue weighted by atomic mass is 9.84. The van der Waals surface area contributed by atoms with E-state index in [9.17, 15) is 5.11 Å². The van der Waals surface area contributed by atoms with Crippen LogP contribution in [-0.2, 0) is 0 Å². The van der Waals surface area contributed by atoms with E-state index < -0.39 is 5.60 Å². The van der Waals surface area contributed by atoms with Gasteiger partial charge >= 0.3 is 0 Å². The Labute approximate surface area is 76.2 Å². The SMILES string of the molecule is CCCC(O)(CCC)C(N)CC. The van der Waals surface area contributed by atoms with Crippen molar-refractivity contribution in [3.05, 3.63) is 0 Å². The van der Waals surface area contributed by atoms with Crippen molar-refractivity contribution in [1.29, 1.82) is 0 Å². The molecule has 0 bridgehead atoms. The second-order valence-electron chi connectivity index (χ2n) is 3.62. The van der Waals surface area contributed by atoms with Gasteiger partial charge in [0.1, 0.15) is 0 Å². The van der Waals surface area contributed by atoms with E-state index in [1.165, 1.54) is 0 Å². The van der Waals surface area contributed by atoms with Crippen molar-refractivity contribution < 1.29 is 5.11 Å². The number of hydrogen-bond acceptors (Lipinski definition) is 2. The Morgan fingerprint density at radius 2 is 1.58 bits per heavy atom. The molecule has 74 valence electrons. The second kappa shape index (κ2) is 5.55. The van der Waals surface area contributed by atoms with Gasteiger partial charge in [-0.2, -0.15) is 0 Å². The molecule has 2 heteroatoms. The average Bonchev–Trinajstić information content (AvgIpc) is 2.04. The lowest BCUT2D eigenvalue weighted by molar-refractivity contribution is -0.00468. The van der Waals surface area contributed by atoms with Gasteiger partial charge in [0, 0.05) is 6.04 Å². The first-order valence-corrected chi connectivity index (χ1v) is 5.08. The molecule has 1 atom stereocenters. The first-order valence-electron chi connectivity index (χ1n) is 5.08. The summed E-state index contributed by atoms with van der Waals surface area (Å²) in [5.41, 5.74) is 5.26. The normalized spacial score (nSPS) is 14.8. The van der Waals surface area contributed by atoms with Gasteiger partial charge in [-0.25, -0.2) is 0 Å². The third-order valence-corrected chi connectivity index (χ3v) is 2.50. The van der Waals surface area contributed by atoms with Gasteiger partial charge in [-0.1, -0.05) is 33.6 Å². The molecule has 12 heavy (non-hydrogen) atoms. The minimum Gasteiger partial charge on any atom is -0.388 e. The third kappa shape index (κ3) is 3.11. The fraction of sp³-hybridized carbons (Fsp3) is 1.00. The van der Waals surface area contributed by atoms with Gasteiger partial charge in [-0.3, -0.25) is 0 Å². The third-order valence-electron chi connectivity index (χ3n) is 2.50. The molecule has 0 radical (unpaired) electrons. The van der Waals surface area contributed by atoms with E-state index in [4.69, 9.17) is 5.73 Å². The molecule has 0 fully saturated rings. The van der Waals surface area contributed by atoms with E-state index in [1.54, 1.807) is 0 Å². The minimum atomic E-state index is -0.613. The summed E-state index contributed by atoms with van der Waals surface area (Å²) in [4.78, 5) is 0. The van der Waals surface area contributed by atoms with E-state index in [2.05, 4.69) is 13.8 Å². The number of nitrogens with two attached hydrogens (primary N) is 1. The van der Waals surface area contributed by atoms with Crippen LogP contribution in [0.4, 0.5) is 0 Å². The Balaban J connectivity index is 4.15. The van der Waals surface area contributed by atoms with Gasteiger partial charge in [0.2, 0.25) is 0 Å². The highest BCUT2D eigenvalue weighted by atomic mass is 16.3. The molecule has 0 saturated carbocycles. The lowest BCUT2D eigenvalue weighted by Crippen LogP contribution is -2.47. The van der Waals surface area contributed by atoms with Crippen LogP contribution in [-0.4, -0.2) is 16.7 Å². The Morgan fingerprint density at radius 3 is 1.83 bits per heavy atom. The maximum atomic E-state index is 10.2. The predicted octanol–water partition coefficient (Wildman–Crippen LogP) is 2.05. The number of hydrogen-bond donors (Lipinski definition) is 2. The second-order valence-corrected chi connectivity index (χ2v) is 3.62. The molecule has 0 spiro atoms. The molecule has 0 amide bonds. The molecule has 1 unspecified atom stereocenters. The fourth-order valence-corrected chi connectivity index (χ4v) is 1.74. The maximum Gasteiger partial charge on any atom is 0.0797 e. The summed E-state index contributed by atoms with van der Waals surface area (Å²) in [6.07, 6.45) is 4.52. The largest absolute Gasteiger partial charge is 0.388 e. The van der Waals surface area contributed by atoms with Gasteiger partial charge in [-0.05, 0) is 19.3 Å². The lowest BCUT2D eigenvalue weighted by Gasteiger charge is -2.33. The summed E-state index contributed by atoms with van der Waals surface area (Å²) < 4.78 is 0. The molecule has 0 aliphatic heterocycles. The van der Waals surface area contributed by atoms with Gasteiger partial charge in [0.25, 0.3) is 0 Å². The van der Waals surface area contributed by atoms with Crippen LogP contribution in [0.1, 0.15) is 52.9 Å². The van der Waals surface area contributed by atoms with Gasteiger partial charge in [0.05, 0.1) is 5.60 Å². The zero-order valence-electron chi connectivity index (χ0n) is 8.64. The predicted molar refractivity (Wildman–Crippen MR) is 53.0 cm³/mol. The van der Waals surface area contributed by atoms with Crippen molar-refractivity contribution >= 4 is 0 Å². The van der Waals surface area contributed by atoms with Crippen LogP contribution in [0.5, 0.6) is 0 Å². The molecule has 2 nitrogen and oxygen atoms in total. The molecule has 0 aromatic heterocycles. The minimum absolute atomic E-state index is 0.0580. The van der Waals surface area contributed by atoms with Crippen molar-refractivity contribution in [1.82, 2.24) is 0 Å². The van der Waals surface area contributed by atoms with Crippen molar-refractivity contribution in [2.45, 2.75) is 64.5 Å². The number of rotatable bonds is 6. The highest BCUT2D eigenvalue weighted by Gasteiger charge is 2.30. The topological polar surface area (TPSA) is 46.2 Å². The van der Waals surface area contributed by atoms with Crippen LogP contribution in [0.15, 0.2) is 0 Å². The fourth-order valence-electron chi connectivity index (χ4n) is 1.74. The Morgan fingerprint density at radius 1 is 1.17 bits per heavy atom. The van der Waals surface area contributed by atoms with Crippen LogP contribution < -0.4 is 5.73 Å². The zero-order chi connectivity index (χ0) is 9.61. The Kier molecular flexibility index (Phi) is 5.51. The van der Waals surface area contributed by atoms with Crippen LogP contribution in [0.3, 0.4) is 0 Å². The number of aliphatic hydroxyl groups is 1. The van der Waals surface area contributed by atoms with E-state index in [0.29, 0.717) is 0 Å². The monoisotopic (exact) mass is 173 g/mol. The highest BCUT2D eigenvalue weighted by Crippen LogP contribution is 2.23. The smallest absolute Gasteiger partial charge is 0.0797 e. The molecule has 3 N–H and O–H groups in total. The zero-order valence-corrected chi connectivity index (χ0v) is 8.64. The van der Waals surface area contributed by atoms with E-state index in [-0.39, 0.29) is 6.04 Å². The molecule has 0 aliphatic rings. The molecule has 0 aromatic rings. The average molecular weight is 173 g/mol. The standard InChI is InChI=1S/C10H23NO/c1-4-7-10(12,8-5-2)9(11)6-3/h9,12H,4-8,11H2,1-3H3. The molecule has 0 saturated heterocycles. The summed E-state index contributed by atoms with van der Waals surface area (Å²) in [7, 11) is 0. The van der Waals surface area contributed by atoms with Crippen LogP contribution in [0.25, 0.3) is 0 Å². The first-order chi connectivity index (χ1) is 5.60. The van der Waals surface area contributed by atoms with Gasteiger partial charge in [0.15, 0.2) is 0 Å². The summed E-state index contributed by atoms with van der Waals surface area (Å²) >= 11 is 0. The van der Waals surface area contributed by atoms with Crippen molar-refractivity contribution in [2.75, 3.05) is 0 Å².